The normalized spacial score (nSPS) is 14.7. The fraction of sp³-hybridized carbons (Fsp3) is 0.143. The van der Waals surface area contributed by atoms with Gasteiger partial charge in [0, 0.05) is 6.07 Å². The van der Waals surface area contributed by atoms with E-state index in [4.69, 9.17) is 9.95 Å². The van der Waals surface area contributed by atoms with Crippen LogP contribution in [0.4, 0.5) is 5.69 Å². The SMILES string of the molecule is [2H]C([2H])([2H])Oc1cccc(NN)c1. The van der Waals surface area contributed by atoms with Gasteiger partial charge in [0.05, 0.1) is 16.8 Å². The molecule has 10 heavy (non-hydrogen) atoms. The molecule has 0 radical (unpaired) electrons. The number of nitrogen functional groups attached to an aromatic ring is 1. The number of methoxy groups -OCH3 is 1. The summed E-state index contributed by atoms with van der Waals surface area (Å²) in [5, 5.41) is 0. The lowest BCUT2D eigenvalue weighted by molar-refractivity contribution is 0.415. The van der Waals surface area contributed by atoms with Crippen LogP contribution in [0, 0.1) is 0 Å². The van der Waals surface area contributed by atoms with Crippen molar-refractivity contribution in [3.63, 3.8) is 0 Å². The van der Waals surface area contributed by atoms with E-state index in [0.29, 0.717) is 5.69 Å². The van der Waals surface area contributed by atoms with Crippen LogP contribution in [0.5, 0.6) is 5.75 Å². The van der Waals surface area contributed by atoms with Gasteiger partial charge in [0.25, 0.3) is 0 Å². The zero-order valence-electron chi connectivity index (χ0n) is 8.29. The molecule has 3 heteroatoms. The molecule has 1 aromatic rings. The Kier molecular flexibility index (Phi) is 1.18. The van der Waals surface area contributed by atoms with E-state index in [9.17, 15) is 0 Å². The van der Waals surface area contributed by atoms with Crippen LogP contribution in [0.25, 0.3) is 0 Å². The minimum atomic E-state index is -2.42. The molecule has 0 aromatic heterocycles. The van der Waals surface area contributed by atoms with E-state index < -0.39 is 7.04 Å². The van der Waals surface area contributed by atoms with Gasteiger partial charge in [-0.3, -0.25) is 5.84 Å². The maximum Gasteiger partial charge on any atom is 0.120 e. The Labute approximate surface area is 64.0 Å². The second-order valence-electron chi connectivity index (χ2n) is 1.77. The van der Waals surface area contributed by atoms with Crippen molar-refractivity contribution in [2.75, 3.05) is 12.5 Å². The largest absolute Gasteiger partial charge is 0.497 e. The van der Waals surface area contributed by atoms with Crippen LogP contribution in [0.15, 0.2) is 24.3 Å². The molecule has 0 saturated heterocycles. The smallest absolute Gasteiger partial charge is 0.120 e. The number of nitrogens with one attached hydrogen (secondary N) is 1. The summed E-state index contributed by atoms with van der Waals surface area (Å²) in [5.41, 5.74) is 2.99. The molecule has 0 saturated carbocycles. The molecule has 3 N–H and O–H groups in total. The van der Waals surface area contributed by atoms with Crippen molar-refractivity contribution in [3.05, 3.63) is 24.3 Å². The van der Waals surface area contributed by atoms with Gasteiger partial charge in [-0.1, -0.05) is 6.07 Å². The molecule has 0 aliphatic rings. The molecule has 54 valence electrons. The number of hydrogen-bond acceptors (Lipinski definition) is 3. The first-order valence-corrected chi connectivity index (χ1v) is 2.77. The highest BCUT2D eigenvalue weighted by Crippen LogP contribution is 2.14. The summed E-state index contributed by atoms with van der Waals surface area (Å²) in [6.45, 7) is 0. The third kappa shape index (κ3) is 1.39. The summed E-state index contributed by atoms with van der Waals surface area (Å²) >= 11 is 0. The van der Waals surface area contributed by atoms with Gasteiger partial charge in [-0.2, -0.15) is 0 Å². The Balaban J connectivity index is 2.78. The van der Waals surface area contributed by atoms with Crippen LogP contribution in [0.1, 0.15) is 4.11 Å². The van der Waals surface area contributed by atoms with E-state index >= 15 is 0 Å². The van der Waals surface area contributed by atoms with E-state index in [1.165, 1.54) is 6.07 Å². The first kappa shape index (κ1) is 3.83. The Bertz CT molecular complexity index is 287. The molecule has 0 amide bonds. The molecule has 0 spiro atoms. The second-order valence-corrected chi connectivity index (χ2v) is 1.77. The van der Waals surface area contributed by atoms with Crippen LogP contribution in [-0.4, -0.2) is 7.04 Å². The summed E-state index contributed by atoms with van der Waals surface area (Å²) in [7, 11) is -2.42. The van der Waals surface area contributed by atoms with E-state index in [1.54, 1.807) is 18.2 Å². The Morgan fingerprint density at radius 3 is 3.30 bits per heavy atom. The second kappa shape index (κ2) is 3.08. The number of hydrazine groups is 1. The Hall–Kier alpha value is -1.22. The number of ether oxygens (including phenoxy) is 1. The number of benzene rings is 1. The third-order valence-electron chi connectivity index (χ3n) is 1.12. The lowest BCUT2D eigenvalue weighted by Gasteiger charge is -2.01. The van der Waals surface area contributed by atoms with Crippen molar-refractivity contribution in [2.45, 2.75) is 0 Å². The van der Waals surface area contributed by atoms with Crippen LogP contribution >= 0.6 is 0 Å². The van der Waals surface area contributed by atoms with Gasteiger partial charge in [0.2, 0.25) is 0 Å². The predicted octanol–water partition coefficient (Wildman–Crippen LogP) is 0.981. The number of nitrogens with two attached hydrogens (primary N) is 1. The molecule has 0 heterocycles. The zero-order valence-corrected chi connectivity index (χ0v) is 5.29. The molecule has 0 atom stereocenters. The van der Waals surface area contributed by atoms with Crippen molar-refractivity contribution in [1.29, 1.82) is 0 Å². The molecular formula is C7H10N2O. The van der Waals surface area contributed by atoms with Gasteiger partial charge >= 0.3 is 0 Å². The van der Waals surface area contributed by atoms with Gasteiger partial charge in [-0.15, -0.1) is 0 Å². The first-order valence-electron chi connectivity index (χ1n) is 4.27. The fourth-order valence-corrected chi connectivity index (χ4v) is 0.649. The average molecular weight is 141 g/mol. The van der Waals surface area contributed by atoms with Crippen LogP contribution in [0.3, 0.4) is 0 Å². The van der Waals surface area contributed by atoms with Gasteiger partial charge < -0.3 is 10.2 Å². The topological polar surface area (TPSA) is 47.3 Å². The molecule has 0 unspecified atom stereocenters. The van der Waals surface area contributed by atoms with Crippen molar-refractivity contribution in [1.82, 2.24) is 0 Å². The predicted molar refractivity (Wildman–Crippen MR) is 40.8 cm³/mol. The van der Waals surface area contributed by atoms with Gasteiger partial charge in [-0.25, -0.2) is 0 Å². The molecule has 0 aliphatic heterocycles. The minimum absolute atomic E-state index is 0.260. The highest BCUT2D eigenvalue weighted by atomic mass is 16.5. The van der Waals surface area contributed by atoms with Gasteiger partial charge in [0.1, 0.15) is 5.75 Å². The molecule has 0 bridgehead atoms. The van der Waals surface area contributed by atoms with E-state index in [2.05, 4.69) is 10.2 Å². The van der Waals surface area contributed by atoms with Crippen molar-refractivity contribution in [3.8, 4) is 5.75 Å². The summed E-state index contributed by atoms with van der Waals surface area (Å²) in [5.74, 6) is 5.40. The van der Waals surface area contributed by atoms with Gasteiger partial charge in [-0.05, 0) is 12.1 Å². The Morgan fingerprint density at radius 1 is 1.70 bits per heavy atom. The monoisotopic (exact) mass is 141 g/mol. The van der Waals surface area contributed by atoms with Crippen LogP contribution < -0.4 is 16.0 Å². The molecular weight excluding hydrogens is 128 g/mol. The zero-order chi connectivity index (χ0) is 9.90. The van der Waals surface area contributed by atoms with E-state index in [0.717, 1.165) is 0 Å². The first-order chi connectivity index (χ1) is 6.01. The quantitative estimate of drug-likeness (QED) is 0.476. The van der Waals surface area contributed by atoms with E-state index in [-0.39, 0.29) is 5.75 Å². The fourth-order valence-electron chi connectivity index (χ4n) is 0.649. The summed E-state index contributed by atoms with van der Waals surface area (Å²) in [4.78, 5) is 0. The highest BCUT2D eigenvalue weighted by Gasteiger charge is 1.90. The maximum atomic E-state index is 6.86. The lowest BCUT2D eigenvalue weighted by atomic mass is 10.3. The summed E-state index contributed by atoms with van der Waals surface area (Å²) in [6, 6.07) is 6.40. The molecule has 3 nitrogen and oxygen atoms in total. The van der Waals surface area contributed by atoms with Crippen LogP contribution in [-0.2, 0) is 0 Å². The number of anilines is 1. The van der Waals surface area contributed by atoms with Crippen LogP contribution in [0.2, 0.25) is 0 Å². The standard InChI is InChI=1S/C7H10N2O/c1-10-7-4-2-3-6(5-7)9-8/h2-5,9H,8H2,1H3/i1D3. The molecule has 1 aromatic carbocycles. The number of hydrogen-bond donors (Lipinski definition) is 2. The molecule has 0 fully saturated rings. The van der Waals surface area contributed by atoms with Crippen molar-refractivity contribution < 1.29 is 8.85 Å². The molecule has 1 rings (SSSR count). The van der Waals surface area contributed by atoms with Gasteiger partial charge in [0.15, 0.2) is 0 Å². The third-order valence-corrected chi connectivity index (χ3v) is 1.12. The highest BCUT2D eigenvalue weighted by molar-refractivity contribution is 5.46. The maximum absolute atomic E-state index is 6.86. The van der Waals surface area contributed by atoms with Crippen molar-refractivity contribution in [2.24, 2.45) is 5.84 Å². The lowest BCUT2D eigenvalue weighted by Crippen LogP contribution is -2.06. The number of rotatable bonds is 2. The Morgan fingerprint density at radius 2 is 2.60 bits per heavy atom. The average Bonchev–Trinajstić information content (AvgIpc) is 2.01. The molecule has 0 aliphatic carbocycles. The summed E-state index contributed by atoms with van der Waals surface area (Å²) in [6.07, 6.45) is 0. The van der Waals surface area contributed by atoms with E-state index in [1.807, 2.05) is 0 Å². The summed E-state index contributed by atoms with van der Waals surface area (Å²) < 4.78 is 25.2. The minimum Gasteiger partial charge on any atom is -0.497 e. The van der Waals surface area contributed by atoms with Crippen molar-refractivity contribution >= 4 is 5.69 Å².